The van der Waals surface area contributed by atoms with Gasteiger partial charge in [0.2, 0.25) is 0 Å². The summed E-state index contributed by atoms with van der Waals surface area (Å²) in [6, 6.07) is 72.2. The zero-order chi connectivity index (χ0) is 35.6. The molecule has 0 spiro atoms. The van der Waals surface area contributed by atoms with E-state index in [1.54, 1.807) is 0 Å². The van der Waals surface area contributed by atoms with Gasteiger partial charge in [-0.1, -0.05) is 152 Å². The normalized spacial score (nSPS) is 11.7. The lowest BCUT2D eigenvalue weighted by Gasteiger charge is -2.27. The molecule has 1 heterocycles. The lowest BCUT2D eigenvalue weighted by molar-refractivity contribution is 0.672. The second-order valence-corrected chi connectivity index (χ2v) is 14.1. The average Bonchev–Trinajstić information content (AvgIpc) is 3.63. The third-order valence-electron chi connectivity index (χ3n) is 11.0. The molecule has 0 amide bonds. The van der Waals surface area contributed by atoms with Gasteiger partial charge >= 0.3 is 0 Å². The van der Waals surface area contributed by atoms with Crippen molar-refractivity contribution in [3.63, 3.8) is 0 Å². The number of hydrogen-bond donors (Lipinski definition) is 0. The fourth-order valence-electron chi connectivity index (χ4n) is 8.40. The third kappa shape index (κ3) is 4.88. The van der Waals surface area contributed by atoms with E-state index < -0.39 is 0 Å². The number of rotatable bonds is 5. The van der Waals surface area contributed by atoms with E-state index in [0.29, 0.717) is 0 Å². The van der Waals surface area contributed by atoms with E-state index >= 15 is 0 Å². The predicted molar refractivity (Wildman–Crippen MR) is 229 cm³/mol. The molecule has 0 aliphatic rings. The van der Waals surface area contributed by atoms with Gasteiger partial charge in [0.25, 0.3) is 0 Å². The first-order valence-corrected chi connectivity index (χ1v) is 18.5. The van der Waals surface area contributed by atoms with Gasteiger partial charge < -0.3 is 9.32 Å². The van der Waals surface area contributed by atoms with Crippen molar-refractivity contribution in [1.29, 1.82) is 0 Å². The van der Waals surface area contributed by atoms with E-state index in [2.05, 4.69) is 199 Å². The quantitative estimate of drug-likeness (QED) is 0.168. The Morgan fingerprint density at radius 1 is 0.315 bits per heavy atom. The molecular formula is C52H33NO. The number of hydrogen-bond acceptors (Lipinski definition) is 2. The highest BCUT2D eigenvalue weighted by Crippen LogP contribution is 2.44. The first kappa shape index (κ1) is 30.5. The summed E-state index contributed by atoms with van der Waals surface area (Å²) in [7, 11) is 0. The molecular weight excluding hydrogens is 655 g/mol. The molecule has 0 aliphatic carbocycles. The van der Waals surface area contributed by atoms with Gasteiger partial charge in [-0.2, -0.15) is 0 Å². The van der Waals surface area contributed by atoms with E-state index in [0.717, 1.165) is 49.8 Å². The lowest BCUT2D eigenvalue weighted by Crippen LogP contribution is -2.10. The van der Waals surface area contributed by atoms with Crippen molar-refractivity contribution in [2.75, 3.05) is 4.90 Å². The molecule has 2 nitrogen and oxygen atoms in total. The van der Waals surface area contributed by atoms with Crippen LogP contribution in [0.1, 0.15) is 0 Å². The molecule has 1 aromatic heterocycles. The molecule has 0 unspecified atom stereocenters. The highest BCUT2D eigenvalue weighted by molar-refractivity contribution is 6.21. The van der Waals surface area contributed by atoms with Crippen molar-refractivity contribution in [3.05, 3.63) is 200 Å². The molecule has 2 heteroatoms. The number of benzene rings is 10. The maximum absolute atomic E-state index is 6.64. The molecule has 0 bridgehead atoms. The van der Waals surface area contributed by atoms with Crippen molar-refractivity contribution < 1.29 is 4.42 Å². The molecule has 11 aromatic rings. The Morgan fingerprint density at radius 2 is 0.852 bits per heavy atom. The van der Waals surface area contributed by atoms with Crippen LogP contribution in [0.15, 0.2) is 205 Å². The lowest BCUT2D eigenvalue weighted by atomic mass is 9.94. The second kappa shape index (κ2) is 12.2. The fourth-order valence-corrected chi connectivity index (χ4v) is 8.40. The maximum Gasteiger partial charge on any atom is 0.145 e. The van der Waals surface area contributed by atoms with Gasteiger partial charge in [0.15, 0.2) is 0 Å². The summed E-state index contributed by atoms with van der Waals surface area (Å²) >= 11 is 0. The van der Waals surface area contributed by atoms with Crippen LogP contribution in [-0.2, 0) is 0 Å². The Kier molecular flexibility index (Phi) is 6.90. The summed E-state index contributed by atoms with van der Waals surface area (Å²) in [6.45, 7) is 0. The molecule has 0 saturated heterocycles. The highest BCUT2D eigenvalue weighted by atomic mass is 16.3. The number of furan rings is 1. The third-order valence-corrected chi connectivity index (χ3v) is 11.0. The Balaban J connectivity index is 1.06. The minimum atomic E-state index is 0.898. The van der Waals surface area contributed by atoms with Crippen LogP contribution in [0.4, 0.5) is 17.1 Å². The number of fused-ring (bicyclic) bond motifs is 10. The molecule has 0 aliphatic heterocycles. The molecule has 10 aromatic carbocycles. The molecule has 54 heavy (non-hydrogen) atoms. The molecule has 0 fully saturated rings. The molecule has 252 valence electrons. The Bertz CT molecular complexity index is 3190. The van der Waals surface area contributed by atoms with Gasteiger partial charge in [0.1, 0.15) is 11.2 Å². The molecule has 11 rings (SSSR count). The minimum absolute atomic E-state index is 0.898. The topological polar surface area (TPSA) is 16.4 Å². The summed E-state index contributed by atoms with van der Waals surface area (Å²) in [5, 5.41) is 12.1. The van der Waals surface area contributed by atoms with Crippen LogP contribution in [0.5, 0.6) is 0 Å². The van der Waals surface area contributed by atoms with E-state index in [-0.39, 0.29) is 0 Å². The average molecular weight is 688 g/mol. The fraction of sp³-hybridized carbons (Fsp3) is 0. The largest absolute Gasteiger partial charge is 0.455 e. The van der Waals surface area contributed by atoms with Crippen LogP contribution in [0.3, 0.4) is 0 Å². The van der Waals surface area contributed by atoms with E-state index in [1.807, 2.05) is 6.07 Å². The summed E-state index contributed by atoms with van der Waals surface area (Å²) in [4.78, 5) is 2.37. The molecule has 0 radical (unpaired) electrons. The molecule has 0 saturated carbocycles. The number of para-hydroxylation sites is 1. The van der Waals surface area contributed by atoms with Gasteiger partial charge in [0, 0.05) is 27.5 Å². The molecule has 0 N–H and O–H groups in total. The first-order chi connectivity index (χ1) is 26.8. The number of anilines is 3. The van der Waals surface area contributed by atoms with Crippen molar-refractivity contribution in [3.8, 4) is 22.3 Å². The van der Waals surface area contributed by atoms with E-state index in [9.17, 15) is 0 Å². The van der Waals surface area contributed by atoms with E-state index in [4.69, 9.17) is 4.42 Å². The molecule has 0 atom stereocenters. The number of nitrogens with zero attached hydrogens (tertiary/aromatic N) is 1. The Labute approximate surface area is 312 Å². The van der Waals surface area contributed by atoms with Crippen LogP contribution in [0.25, 0.3) is 87.3 Å². The Morgan fingerprint density at radius 3 is 1.65 bits per heavy atom. The zero-order valence-electron chi connectivity index (χ0n) is 29.4. The summed E-state index contributed by atoms with van der Waals surface area (Å²) in [5.74, 6) is 0. The van der Waals surface area contributed by atoms with E-state index in [1.165, 1.54) is 54.6 Å². The minimum Gasteiger partial charge on any atom is -0.455 e. The summed E-state index contributed by atoms with van der Waals surface area (Å²) in [6.07, 6.45) is 0. The van der Waals surface area contributed by atoms with Crippen molar-refractivity contribution in [2.24, 2.45) is 0 Å². The second-order valence-electron chi connectivity index (χ2n) is 14.1. The zero-order valence-corrected chi connectivity index (χ0v) is 29.4. The van der Waals surface area contributed by atoms with Crippen molar-refractivity contribution >= 4 is 82.1 Å². The SMILES string of the molecule is c1ccc(-c2ccc(N(c3ccc(-c4ccc5c(ccc6ccc7ccccc7c65)c4)cc3)c3cccc4ccc5c6ccccc6oc5c34)cc2)cc1. The van der Waals surface area contributed by atoms with Gasteiger partial charge in [-0.25, -0.2) is 0 Å². The van der Waals surface area contributed by atoms with Gasteiger partial charge in [-0.15, -0.1) is 0 Å². The maximum atomic E-state index is 6.64. The van der Waals surface area contributed by atoms with Crippen LogP contribution < -0.4 is 4.90 Å². The van der Waals surface area contributed by atoms with Crippen molar-refractivity contribution in [2.45, 2.75) is 0 Å². The summed E-state index contributed by atoms with van der Waals surface area (Å²) < 4.78 is 6.64. The Hall–Kier alpha value is -7.16. The smallest absolute Gasteiger partial charge is 0.145 e. The van der Waals surface area contributed by atoms with Crippen LogP contribution in [-0.4, -0.2) is 0 Å². The first-order valence-electron chi connectivity index (χ1n) is 18.5. The predicted octanol–water partition coefficient (Wildman–Crippen LogP) is 15.0. The van der Waals surface area contributed by atoms with Gasteiger partial charge in [0.05, 0.1) is 5.69 Å². The van der Waals surface area contributed by atoms with Gasteiger partial charge in [-0.05, 0) is 108 Å². The monoisotopic (exact) mass is 687 g/mol. The van der Waals surface area contributed by atoms with Crippen molar-refractivity contribution in [1.82, 2.24) is 0 Å². The standard InChI is InChI=1S/C52H33NO/c1-2-9-34(10-3-1)35-21-27-42(28-22-35)53(48-15-8-12-38-25-32-47-46-14-6-7-16-49(46)54-52(47)51(38)48)43-29-23-36(24-30-43)40-26-31-45-41(33-40)20-19-39-18-17-37-11-4-5-13-44(37)50(39)45/h1-33H. The highest BCUT2D eigenvalue weighted by Gasteiger charge is 2.20. The van der Waals surface area contributed by atoms with Crippen LogP contribution >= 0.6 is 0 Å². The summed E-state index contributed by atoms with van der Waals surface area (Å²) in [5.41, 5.74) is 9.78. The van der Waals surface area contributed by atoms with Gasteiger partial charge in [-0.3, -0.25) is 0 Å². The van der Waals surface area contributed by atoms with Crippen LogP contribution in [0.2, 0.25) is 0 Å². The van der Waals surface area contributed by atoms with Crippen LogP contribution in [0, 0.1) is 0 Å².